The second-order valence-electron chi connectivity index (χ2n) is 7.24. The highest BCUT2D eigenvalue weighted by atomic mass is 19.4. The van der Waals surface area contributed by atoms with Gasteiger partial charge in [-0.2, -0.15) is 18.3 Å². The van der Waals surface area contributed by atoms with Gasteiger partial charge in [0.25, 0.3) is 5.91 Å². The van der Waals surface area contributed by atoms with Crippen LogP contribution in [-0.2, 0) is 0 Å². The van der Waals surface area contributed by atoms with Crippen molar-refractivity contribution in [3.05, 3.63) is 35.5 Å². The van der Waals surface area contributed by atoms with Crippen molar-refractivity contribution in [2.45, 2.75) is 51.0 Å². The summed E-state index contributed by atoms with van der Waals surface area (Å²) in [7, 11) is 0. The Labute approximate surface area is 165 Å². The number of alkyl halides is 3. The van der Waals surface area contributed by atoms with Crippen LogP contribution >= 0.6 is 0 Å². The van der Waals surface area contributed by atoms with E-state index < -0.39 is 24.2 Å². The average molecular weight is 410 g/mol. The molecule has 0 saturated heterocycles. The Morgan fingerprint density at radius 2 is 2.10 bits per heavy atom. The summed E-state index contributed by atoms with van der Waals surface area (Å²) in [5, 5.41) is 9.75. The molecule has 1 aromatic heterocycles. The third kappa shape index (κ3) is 3.70. The van der Waals surface area contributed by atoms with Gasteiger partial charge in [0.05, 0.1) is 6.04 Å². The number of carbonyl (C=O) groups excluding carboxylic acids is 1. The number of benzene rings is 1. The summed E-state index contributed by atoms with van der Waals surface area (Å²) < 4.78 is 52.8. The Balaban J connectivity index is 1.65. The number of hydrogen-bond donors (Lipinski definition) is 2. The molecule has 0 aliphatic carbocycles. The van der Waals surface area contributed by atoms with E-state index in [1.807, 2.05) is 13.8 Å². The Hall–Kier alpha value is -2.91. The third-order valence-electron chi connectivity index (χ3n) is 5.21. The Bertz CT molecular complexity index is 928. The standard InChI is InChI=1S/C19H21F3N4O3/c1-3-10(2)23-18(27)13-8-17-24-12(7-16(19(20,21)22)26(17)25-13)11-4-5-14-15(6-11)29-9-28-14/h4-6,8,10,12,16,24H,3,7,9H2,1-2H3,(H,23,27)/t10-,12-,16+/m1/s1. The topological polar surface area (TPSA) is 77.4 Å². The Kier molecular flexibility index (Phi) is 4.79. The summed E-state index contributed by atoms with van der Waals surface area (Å²) in [6, 6.07) is 3.85. The molecule has 0 unspecified atom stereocenters. The van der Waals surface area contributed by atoms with Crippen molar-refractivity contribution >= 4 is 11.7 Å². The molecular formula is C19H21F3N4O3. The van der Waals surface area contributed by atoms with Gasteiger partial charge in [-0.15, -0.1) is 0 Å². The molecule has 2 aromatic rings. The first-order valence-electron chi connectivity index (χ1n) is 9.39. The molecule has 3 heterocycles. The molecule has 1 aromatic carbocycles. The largest absolute Gasteiger partial charge is 0.454 e. The summed E-state index contributed by atoms with van der Waals surface area (Å²) in [4.78, 5) is 12.3. The monoisotopic (exact) mass is 410 g/mol. The molecule has 7 nitrogen and oxygen atoms in total. The molecule has 4 rings (SSSR count). The zero-order valence-electron chi connectivity index (χ0n) is 15.9. The summed E-state index contributed by atoms with van der Waals surface area (Å²) >= 11 is 0. The van der Waals surface area contributed by atoms with Crippen LogP contribution in [0.25, 0.3) is 0 Å². The fraction of sp³-hybridized carbons (Fsp3) is 0.474. The molecule has 0 saturated carbocycles. The van der Waals surface area contributed by atoms with E-state index in [9.17, 15) is 18.0 Å². The lowest BCUT2D eigenvalue weighted by molar-refractivity contribution is -0.173. The van der Waals surface area contributed by atoms with Crippen LogP contribution in [0.1, 0.15) is 54.8 Å². The molecule has 2 aliphatic heterocycles. The predicted molar refractivity (Wildman–Crippen MR) is 98.1 cm³/mol. The summed E-state index contributed by atoms with van der Waals surface area (Å²) in [5.41, 5.74) is 0.593. The second-order valence-corrected chi connectivity index (χ2v) is 7.24. The molecule has 2 aliphatic rings. The lowest BCUT2D eigenvalue weighted by atomic mass is 9.96. The van der Waals surface area contributed by atoms with Gasteiger partial charge >= 0.3 is 6.18 Å². The maximum Gasteiger partial charge on any atom is 0.410 e. The van der Waals surface area contributed by atoms with E-state index in [4.69, 9.17) is 9.47 Å². The number of anilines is 1. The molecule has 0 spiro atoms. The molecule has 156 valence electrons. The molecule has 0 bridgehead atoms. The van der Waals surface area contributed by atoms with Gasteiger partial charge < -0.3 is 20.1 Å². The number of fused-ring (bicyclic) bond motifs is 2. The van der Waals surface area contributed by atoms with Crippen molar-refractivity contribution in [1.82, 2.24) is 15.1 Å². The van der Waals surface area contributed by atoms with Gasteiger partial charge in [-0.1, -0.05) is 13.0 Å². The lowest BCUT2D eigenvalue weighted by Gasteiger charge is -2.33. The zero-order chi connectivity index (χ0) is 20.8. The molecular weight excluding hydrogens is 389 g/mol. The Morgan fingerprint density at radius 3 is 2.83 bits per heavy atom. The number of amides is 1. The van der Waals surface area contributed by atoms with Crippen LogP contribution in [0.4, 0.5) is 19.0 Å². The van der Waals surface area contributed by atoms with Crippen LogP contribution in [0.15, 0.2) is 24.3 Å². The van der Waals surface area contributed by atoms with Gasteiger partial charge in [0, 0.05) is 18.5 Å². The number of carbonyl (C=O) groups is 1. The van der Waals surface area contributed by atoms with Gasteiger partial charge in [-0.3, -0.25) is 4.79 Å². The minimum Gasteiger partial charge on any atom is -0.454 e. The van der Waals surface area contributed by atoms with Gasteiger partial charge in [0.15, 0.2) is 23.2 Å². The van der Waals surface area contributed by atoms with E-state index in [0.29, 0.717) is 23.5 Å². The van der Waals surface area contributed by atoms with Crippen LogP contribution in [0.2, 0.25) is 0 Å². The highest BCUT2D eigenvalue weighted by Crippen LogP contribution is 2.45. The quantitative estimate of drug-likeness (QED) is 0.802. The van der Waals surface area contributed by atoms with Crippen molar-refractivity contribution < 1.29 is 27.4 Å². The summed E-state index contributed by atoms with van der Waals surface area (Å²) in [6.45, 7) is 3.81. The number of nitrogens with zero attached hydrogens (tertiary/aromatic N) is 2. The van der Waals surface area contributed by atoms with Crippen LogP contribution in [0.5, 0.6) is 11.5 Å². The fourth-order valence-electron chi connectivity index (χ4n) is 3.43. The summed E-state index contributed by atoms with van der Waals surface area (Å²) in [6.07, 6.45) is -4.07. The molecule has 0 radical (unpaired) electrons. The molecule has 1 amide bonds. The maximum absolute atomic E-state index is 13.8. The average Bonchev–Trinajstić information content (AvgIpc) is 3.32. The molecule has 2 N–H and O–H groups in total. The van der Waals surface area contributed by atoms with Crippen LogP contribution in [0, 0.1) is 0 Å². The highest BCUT2D eigenvalue weighted by Gasteiger charge is 2.47. The van der Waals surface area contributed by atoms with Crippen LogP contribution in [-0.4, -0.2) is 34.7 Å². The van der Waals surface area contributed by atoms with E-state index in [0.717, 1.165) is 4.68 Å². The van der Waals surface area contributed by atoms with Crippen molar-refractivity contribution in [3.8, 4) is 11.5 Å². The SMILES string of the molecule is CC[C@@H](C)NC(=O)c1cc2n(n1)[C@H](C(F)(F)F)C[C@H](c1ccc3c(c1)OCO3)N2. The van der Waals surface area contributed by atoms with Crippen molar-refractivity contribution in [2.24, 2.45) is 0 Å². The van der Waals surface area contributed by atoms with Gasteiger partial charge in [-0.25, -0.2) is 4.68 Å². The van der Waals surface area contributed by atoms with Gasteiger partial charge in [0.1, 0.15) is 5.82 Å². The van der Waals surface area contributed by atoms with Crippen molar-refractivity contribution in [3.63, 3.8) is 0 Å². The molecule has 0 fully saturated rings. The molecule has 29 heavy (non-hydrogen) atoms. The zero-order valence-corrected chi connectivity index (χ0v) is 15.9. The lowest BCUT2D eigenvalue weighted by Crippen LogP contribution is -2.36. The highest BCUT2D eigenvalue weighted by molar-refractivity contribution is 5.93. The van der Waals surface area contributed by atoms with E-state index in [1.165, 1.54) is 6.07 Å². The maximum atomic E-state index is 13.8. The third-order valence-corrected chi connectivity index (χ3v) is 5.21. The van der Waals surface area contributed by atoms with Crippen molar-refractivity contribution in [1.29, 1.82) is 0 Å². The first-order valence-corrected chi connectivity index (χ1v) is 9.39. The first-order chi connectivity index (χ1) is 13.8. The van der Waals surface area contributed by atoms with E-state index in [2.05, 4.69) is 15.7 Å². The van der Waals surface area contributed by atoms with Crippen LogP contribution in [0.3, 0.4) is 0 Å². The van der Waals surface area contributed by atoms with Gasteiger partial charge in [0.2, 0.25) is 6.79 Å². The minimum atomic E-state index is -4.51. The number of nitrogens with one attached hydrogen (secondary N) is 2. The number of ether oxygens (including phenoxy) is 2. The van der Waals surface area contributed by atoms with Crippen molar-refractivity contribution in [2.75, 3.05) is 12.1 Å². The second kappa shape index (κ2) is 7.16. The van der Waals surface area contributed by atoms with E-state index >= 15 is 0 Å². The van der Waals surface area contributed by atoms with E-state index in [1.54, 1.807) is 18.2 Å². The molecule has 3 atom stereocenters. The first kappa shape index (κ1) is 19.4. The molecule has 10 heteroatoms. The minimum absolute atomic E-state index is 0.0478. The van der Waals surface area contributed by atoms with Crippen LogP contribution < -0.4 is 20.1 Å². The summed E-state index contributed by atoms with van der Waals surface area (Å²) in [5.74, 6) is 0.714. The number of hydrogen-bond acceptors (Lipinski definition) is 5. The van der Waals surface area contributed by atoms with E-state index in [-0.39, 0.29) is 30.8 Å². The number of halogens is 3. The fourth-order valence-corrected chi connectivity index (χ4v) is 3.43. The normalized spacial score (nSPS) is 21.3. The Morgan fingerprint density at radius 1 is 1.34 bits per heavy atom. The smallest absolute Gasteiger partial charge is 0.410 e. The predicted octanol–water partition coefficient (Wildman–Crippen LogP) is 3.80. The number of rotatable bonds is 4. The van der Waals surface area contributed by atoms with Gasteiger partial charge in [-0.05, 0) is 31.0 Å². The number of aromatic nitrogens is 2.